The summed E-state index contributed by atoms with van der Waals surface area (Å²) in [5, 5.41) is 11.9. The molecule has 0 fully saturated rings. The second-order valence-corrected chi connectivity index (χ2v) is 4.27. The van der Waals surface area contributed by atoms with Crippen molar-refractivity contribution in [1.29, 1.82) is 0 Å². The van der Waals surface area contributed by atoms with Gasteiger partial charge in [-0.15, -0.1) is 0 Å². The summed E-state index contributed by atoms with van der Waals surface area (Å²) in [6.07, 6.45) is 0. The van der Waals surface area contributed by atoms with Crippen molar-refractivity contribution in [2.45, 2.75) is 0 Å². The van der Waals surface area contributed by atoms with Crippen LogP contribution in [0.4, 0.5) is 5.69 Å². The number of hydrogen-bond donors (Lipinski definition) is 2. The lowest BCUT2D eigenvalue weighted by atomic mass is 10.3. The van der Waals surface area contributed by atoms with Crippen LogP contribution < -0.4 is 10.1 Å². The molecule has 0 aromatic heterocycles. The number of likely N-dealkylation sites (N-methyl/N-ethyl adjacent to an activating group) is 1. The average Bonchev–Trinajstić information content (AvgIpc) is 2.29. The van der Waals surface area contributed by atoms with Crippen molar-refractivity contribution in [1.82, 2.24) is 4.90 Å². The zero-order valence-electron chi connectivity index (χ0n) is 10.4. The number of halogens is 1. The lowest BCUT2D eigenvalue weighted by Crippen LogP contribution is -2.32. The Morgan fingerprint density at radius 1 is 1.56 bits per heavy atom. The van der Waals surface area contributed by atoms with E-state index in [0.29, 0.717) is 23.0 Å². The van der Waals surface area contributed by atoms with Crippen molar-refractivity contribution in [2.75, 3.05) is 39.2 Å². The lowest BCUT2D eigenvalue weighted by Gasteiger charge is -2.14. The molecule has 1 aromatic carbocycles. The van der Waals surface area contributed by atoms with Crippen LogP contribution in [0, 0.1) is 0 Å². The number of anilines is 1. The average molecular weight is 273 g/mol. The van der Waals surface area contributed by atoms with E-state index in [4.69, 9.17) is 21.4 Å². The van der Waals surface area contributed by atoms with Crippen LogP contribution in [0.1, 0.15) is 0 Å². The van der Waals surface area contributed by atoms with Gasteiger partial charge in [-0.05, 0) is 25.2 Å². The first-order valence-electron chi connectivity index (χ1n) is 5.49. The Kier molecular flexibility index (Phi) is 5.91. The molecule has 0 spiro atoms. The van der Waals surface area contributed by atoms with Crippen molar-refractivity contribution in [3.05, 3.63) is 23.2 Å². The highest BCUT2D eigenvalue weighted by Gasteiger charge is 2.08. The number of carbonyl (C=O) groups is 1. The Morgan fingerprint density at radius 2 is 2.28 bits per heavy atom. The fourth-order valence-electron chi connectivity index (χ4n) is 1.44. The topological polar surface area (TPSA) is 61.8 Å². The fourth-order valence-corrected chi connectivity index (χ4v) is 1.70. The second-order valence-electron chi connectivity index (χ2n) is 3.86. The summed E-state index contributed by atoms with van der Waals surface area (Å²) in [7, 11) is 3.29. The minimum Gasteiger partial charge on any atom is -0.495 e. The number of ether oxygens (including phenoxy) is 1. The smallest absolute Gasteiger partial charge is 0.238 e. The van der Waals surface area contributed by atoms with Gasteiger partial charge in [-0.2, -0.15) is 0 Å². The number of methoxy groups -OCH3 is 1. The van der Waals surface area contributed by atoms with E-state index in [2.05, 4.69) is 5.32 Å². The first-order valence-corrected chi connectivity index (χ1v) is 5.87. The summed E-state index contributed by atoms with van der Waals surface area (Å²) < 4.78 is 5.02. The molecule has 0 unspecified atom stereocenters. The van der Waals surface area contributed by atoms with Crippen LogP contribution in [0.25, 0.3) is 0 Å². The Hall–Kier alpha value is -1.30. The molecule has 0 saturated heterocycles. The number of hydrogen-bond acceptors (Lipinski definition) is 4. The van der Waals surface area contributed by atoms with Gasteiger partial charge in [-0.25, -0.2) is 0 Å². The molecule has 6 heteroatoms. The third-order valence-corrected chi connectivity index (χ3v) is 2.63. The largest absolute Gasteiger partial charge is 0.495 e. The summed E-state index contributed by atoms with van der Waals surface area (Å²) in [5.41, 5.74) is 0.614. The second kappa shape index (κ2) is 7.20. The summed E-state index contributed by atoms with van der Waals surface area (Å²) in [6, 6.07) is 5.04. The van der Waals surface area contributed by atoms with Crippen LogP contribution in [0.15, 0.2) is 18.2 Å². The van der Waals surface area contributed by atoms with E-state index in [1.807, 2.05) is 0 Å². The molecule has 0 saturated carbocycles. The first kappa shape index (κ1) is 14.8. The Morgan fingerprint density at radius 3 is 2.83 bits per heavy atom. The van der Waals surface area contributed by atoms with E-state index in [1.54, 1.807) is 30.1 Å². The Balaban J connectivity index is 2.57. The van der Waals surface area contributed by atoms with Gasteiger partial charge in [0.1, 0.15) is 5.75 Å². The zero-order valence-corrected chi connectivity index (χ0v) is 11.2. The Bertz CT molecular complexity index is 412. The third kappa shape index (κ3) is 4.52. The summed E-state index contributed by atoms with van der Waals surface area (Å²) in [6.45, 7) is 0.694. The minimum atomic E-state index is -0.160. The van der Waals surface area contributed by atoms with E-state index in [1.165, 1.54) is 7.11 Å². The van der Waals surface area contributed by atoms with E-state index < -0.39 is 0 Å². The number of aliphatic hydroxyl groups excluding tert-OH is 1. The maximum atomic E-state index is 11.7. The number of aliphatic hydroxyl groups is 1. The molecule has 0 bridgehead atoms. The molecule has 18 heavy (non-hydrogen) atoms. The van der Waals surface area contributed by atoms with Crippen molar-refractivity contribution >= 4 is 23.2 Å². The van der Waals surface area contributed by atoms with Crippen molar-refractivity contribution in [2.24, 2.45) is 0 Å². The highest BCUT2D eigenvalue weighted by atomic mass is 35.5. The van der Waals surface area contributed by atoms with E-state index >= 15 is 0 Å². The van der Waals surface area contributed by atoms with Gasteiger partial charge in [-0.3, -0.25) is 9.69 Å². The molecule has 5 nitrogen and oxygen atoms in total. The number of nitrogens with one attached hydrogen (secondary N) is 1. The van der Waals surface area contributed by atoms with Crippen molar-refractivity contribution in [3.63, 3.8) is 0 Å². The van der Waals surface area contributed by atoms with Crippen LogP contribution >= 0.6 is 11.6 Å². The van der Waals surface area contributed by atoms with Crippen molar-refractivity contribution < 1.29 is 14.6 Å². The van der Waals surface area contributed by atoms with Gasteiger partial charge in [-0.1, -0.05) is 11.6 Å². The summed E-state index contributed by atoms with van der Waals surface area (Å²) in [4.78, 5) is 13.4. The fraction of sp³-hybridized carbons (Fsp3) is 0.417. The molecule has 0 atom stereocenters. The SMILES string of the molecule is COc1ccc(NC(=O)CN(C)CCO)cc1Cl. The maximum absolute atomic E-state index is 11.7. The van der Waals surface area contributed by atoms with Gasteiger partial charge in [0.05, 0.1) is 25.3 Å². The van der Waals surface area contributed by atoms with E-state index in [0.717, 1.165) is 0 Å². The highest BCUT2D eigenvalue weighted by Crippen LogP contribution is 2.27. The third-order valence-electron chi connectivity index (χ3n) is 2.33. The maximum Gasteiger partial charge on any atom is 0.238 e. The predicted molar refractivity (Wildman–Crippen MR) is 71.2 cm³/mol. The number of amides is 1. The lowest BCUT2D eigenvalue weighted by molar-refractivity contribution is -0.117. The molecule has 1 aromatic rings. The number of rotatable bonds is 6. The normalized spacial score (nSPS) is 10.5. The highest BCUT2D eigenvalue weighted by molar-refractivity contribution is 6.32. The monoisotopic (exact) mass is 272 g/mol. The predicted octanol–water partition coefficient (Wildman–Crippen LogP) is 1.21. The van der Waals surface area contributed by atoms with Gasteiger partial charge in [0.15, 0.2) is 0 Å². The molecule has 0 radical (unpaired) electrons. The van der Waals surface area contributed by atoms with Gasteiger partial charge < -0.3 is 15.2 Å². The van der Waals surface area contributed by atoms with Crippen LogP contribution in [-0.4, -0.2) is 49.8 Å². The zero-order chi connectivity index (χ0) is 13.5. The number of nitrogens with zero attached hydrogens (tertiary/aromatic N) is 1. The molecule has 2 N–H and O–H groups in total. The van der Waals surface area contributed by atoms with Gasteiger partial charge in [0, 0.05) is 12.2 Å². The molecule has 0 aliphatic carbocycles. The molecular weight excluding hydrogens is 256 g/mol. The van der Waals surface area contributed by atoms with Crippen LogP contribution in [0.5, 0.6) is 5.75 Å². The standard InChI is InChI=1S/C12H17ClN2O3/c1-15(5-6-16)8-12(17)14-9-3-4-11(18-2)10(13)7-9/h3-4,7,16H,5-6,8H2,1-2H3,(H,14,17). The number of carbonyl (C=O) groups excluding carboxylic acids is 1. The molecule has 1 amide bonds. The van der Waals surface area contributed by atoms with Crippen LogP contribution in [-0.2, 0) is 4.79 Å². The molecule has 0 aliphatic rings. The molecular formula is C12H17ClN2O3. The van der Waals surface area contributed by atoms with Crippen LogP contribution in [0.2, 0.25) is 5.02 Å². The number of benzene rings is 1. The molecule has 0 aliphatic heterocycles. The summed E-state index contributed by atoms with van der Waals surface area (Å²) >= 11 is 5.95. The van der Waals surface area contributed by atoms with Gasteiger partial charge >= 0.3 is 0 Å². The van der Waals surface area contributed by atoms with Crippen molar-refractivity contribution in [3.8, 4) is 5.75 Å². The van der Waals surface area contributed by atoms with Crippen LogP contribution in [0.3, 0.4) is 0 Å². The molecule has 100 valence electrons. The van der Waals surface area contributed by atoms with E-state index in [9.17, 15) is 4.79 Å². The van der Waals surface area contributed by atoms with Gasteiger partial charge in [0.25, 0.3) is 0 Å². The summed E-state index contributed by atoms with van der Waals surface area (Å²) in [5.74, 6) is 0.402. The molecule has 1 rings (SSSR count). The van der Waals surface area contributed by atoms with Gasteiger partial charge in [0.2, 0.25) is 5.91 Å². The quantitative estimate of drug-likeness (QED) is 0.817. The van der Waals surface area contributed by atoms with E-state index in [-0.39, 0.29) is 19.1 Å². The first-order chi connectivity index (χ1) is 8.56. The molecule has 0 heterocycles. The minimum absolute atomic E-state index is 0.0259. The Labute approximate surface area is 111 Å².